The molecular formula is C54H103NO8. The van der Waals surface area contributed by atoms with Crippen molar-refractivity contribution in [1.82, 2.24) is 0 Å². The first kappa shape index (κ1) is 61.0. The summed E-state index contributed by atoms with van der Waals surface area (Å²) >= 11 is 0. The zero-order valence-corrected chi connectivity index (χ0v) is 42.2. The van der Waals surface area contributed by atoms with E-state index in [1.54, 1.807) is 0 Å². The molecule has 2 atom stereocenters. The van der Waals surface area contributed by atoms with Crippen molar-refractivity contribution >= 4 is 17.9 Å². The summed E-state index contributed by atoms with van der Waals surface area (Å²) in [4.78, 5) is 37.1. The van der Waals surface area contributed by atoms with E-state index in [1.807, 2.05) is 21.1 Å². The number of carbonyl (C=O) groups excluding carboxylic acids is 3. The highest BCUT2D eigenvalue weighted by atomic mass is 16.7. The lowest BCUT2D eigenvalue weighted by atomic mass is 10.0. The molecule has 63 heavy (non-hydrogen) atoms. The molecule has 0 aliphatic rings. The summed E-state index contributed by atoms with van der Waals surface area (Å²) in [6.45, 7) is 4.77. The second-order valence-electron chi connectivity index (χ2n) is 19.5. The number of nitrogens with zero attached hydrogens (tertiary/aromatic N) is 1. The maximum atomic E-state index is 12.8. The highest BCUT2D eigenvalue weighted by molar-refractivity contribution is 5.70. The first-order valence-electron chi connectivity index (χ1n) is 26.8. The highest BCUT2D eigenvalue weighted by Gasteiger charge is 2.22. The van der Waals surface area contributed by atoms with Crippen LogP contribution in [0.5, 0.6) is 0 Å². The maximum absolute atomic E-state index is 12.8. The monoisotopic (exact) mass is 894 g/mol. The fourth-order valence-corrected chi connectivity index (χ4v) is 7.83. The summed E-state index contributed by atoms with van der Waals surface area (Å²) in [6, 6.07) is 0. The Bertz CT molecular complexity index is 1040. The Hall–Kier alpha value is -1.97. The average molecular weight is 894 g/mol. The van der Waals surface area contributed by atoms with Gasteiger partial charge >= 0.3 is 11.9 Å². The minimum Gasteiger partial charge on any atom is -0.545 e. The number of quaternary nitrogens is 1. The van der Waals surface area contributed by atoms with E-state index < -0.39 is 24.3 Å². The van der Waals surface area contributed by atoms with Gasteiger partial charge < -0.3 is 33.3 Å². The quantitative estimate of drug-likeness (QED) is 0.0195. The first-order chi connectivity index (χ1) is 30.6. The van der Waals surface area contributed by atoms with Crippen LogP contribution in [-0.2, 0) is 33.3 Å². The molecule has 372 valence electrons. The molecule has 2 unspecified atom stereocenters. The van der Waals surface area contributed by atoms with E-state index in [0.29, 0.717) is 23.9 Å². The van der Waals surface area contributed by atoms with Crippen molar-refractivity contribution in [2.75, 3.05) is 47.5 Å². The average Bonchev–Trinajstić information content (AvgIpc) is 3.24. The van der Waals surface area contributed by atoms with E-state index in [1.165, 1.54) is 173 Å². The number of esters is 2. The number of rotatable bonds is 50. The Kier molecular flexibility index (Phi) is 45.1. The molecule has 0 amide bonds. The second-order valence-corrected chi connectivity index (χ2v) is 19.5. The van der Waals surface area contributed by atoms with Crippen molar-refractivity contribution in [3.63, 3.8) is 0 Å². The van der Waals surface area contributed by atoms with Crippen LogP contribution in [0.25, 0.3) is 0 Å². The summed E-state index contributed by atoms with van der Waals surface area (Å²) in [5, 5.41) is 11.7. The van der Waals surface area contributed by atoms with Gasteiger partial charge in [0.05, 0.1) is 40.3 Å². The van der Waals surface area contributed by atoms with Crippen LogP contribution in [0.1, 0.15) is 258 Å². The van der Waals surface area contributed by atoms with Crippen LogP contribution in [0.3, 0.4) is 0 Å². The predicted octanol–water partition coefficient (Wildman–Crippen LogP) is 13.7. The van der Waals surface area contributed by atoms with Crippen LogP contribution < -0.4 is 5.11 Å². The van der Waals surface area contributed by atoms with Crippen molar-refractivity contribution in [2.24, 2.45) is 0 Å². The standard InChI is InChI=1S/C54H103NO8/c1-6-8-10-12-14-16-18-20-22-23-24-25-26-27-28-29-30-31-33-34-36-38-40-42-44-51(56)61-48-50(49-62-54(53(58)59)60-47-46-55(3,4)5)63-52(57)45-43-41-39-37-35-32-21-19-17-15-13-11-9-7-2/h19,21,50,54H,6-18,20,22-49H2,1-5H3/b21-19-. The van der Waals surface area contributed by atoms with Crippen LogP contribution in [0.2, 0.25) is 0 Å². The molecule has 0 aliphatic carbocycles. The normalized spacial score (nSPS) is 12.8. The fourth-order valence-electron chi connectivity index (χ4n) is 7.83. The lowest BCUT2D eigenvalue weighted by Gasteiger charge is -2.26. The number of likely N-dealkylation sites (N-methyl/N-ethyl adjacent to an activating group) is 1. The number of hydrogen-bond acceptors (Lipinski definition) is 8. The minimum atomic E-state index is -1.62. The van der Waals surface area contributed by atoms with Gasteiger partial charge in [-0.3, -0.25) is 9.59 Å². The number of carboxylic acid groups (broad SMARTS) is 1. The molecule has 0 heterocycles. The molecule has 0 bridgehead atoms. The highest BCUT2D eigenvalue weighted by Crippen LogP contribution is 2.17. The third kappa shape index (κ3) is 47.8. The first-order valence-corrected chi connectivity index (χ1v) is 26.8. The number of carboxylic acids is 1. The van der Waals surface area contributed by atoms with Gasteiger partial charge in [-0.25, -0.2) is 0 Å². The van der Waals surface area contributed by atoms with Crippen molar-refractivity contribution in [2.45, 2.75) is 270 Å². The van der Waals surface area contributed by atoms with Gasteiger partial charge in [0.2, 0.25) is 0 Å². The molecule has 0 aliphatic heterocycles. The Morgan fingerprint density at radius 2 is 0.810 bits per heavy atom. The number of aliphatic carboxylic acids is 1. The van der Waals surface area contributed by atoms with E-state index in [9.17, 15) is 19.5 Å². The molecule has 0 radical (unpaired) electrons. The summed E-state index contributed by atoms with van der Waals surface area (Å²) in [6.07, 6.45) is 48.3. The molecule has 0 rings (SSSR count). The third-order valence-electron chi connectivity index (χ3n) is 12.0. The third-order valence-corrected chi connectivity index (χ3v) is 12.0. The van der Waals surface area contributed by atoms with Crippen LogP contribution >= 0.6 is 0 Å². The van der Waals surface area contributed by atoms with Crippen molar-refractivity contribution in [3.8, 4) is 0 Å². The van der Waals surface area contributed by atoms with Gasteiger partial charge in [0, 0.05) is 12.8 Å². The lowest BCUT2D eigenvalue weighted by Crippen LogP contribution is -2.44. The zero-order chi connectivity index (χ0) is 46.3. The molecule has 0 N–H and O–H groups in total. The molecule has 0 saturated heterocycles. The smallest absolute Gasteiger partial charge is 0.306 e. The molecule has 0 aromatic carbocycles. The van der Waals surface area contributed by atoms with Gasteiger partial charge in [-0.2, -0.15) is 0 Å². The molecule has 0 aromatic rings. The fraction of sp³-hybridized carbons (Fsp3) is 0.907. The van der Waals surface area contributed by atoms with E-state index in [2.05, 4.69) is 26.0 Å². The second kappa shape index (κ2) is 46.6. The zero-order valence-electron chi connectivity index (χ0n) is 42.2. The predicted molar refractivity (Wildman–Crippen MR) is 260 cm³/mol. The summed E-state index contributed by atoms with van der Waals surface area (Å²) in [5.74, 6) is -2.28. The van der Waals surface area contributed by atoms with Crippen molar-refractivity contribution in [3.05, 3.63) is 12.2 Å². The Balaban J connectivity index is 4.20. The number of allylic oxidation sites excluding steroid dienone is 2. The van der Waals surface area contributed by atoms with E-state index in [4.69, 9.17) is 18.9 Å². The van der Waals surface area contributed by atoms with Crippen molar-refractivity contribution < 1.29 is 42.9 Å². The Morgan fingerprint density at radius 3 is 1.17 bits per heavy atom. The molecule has 0 fully saturated rings. The van der Waals surface area contributed by atoms with E-state index >= 15 is 0 Å². The number of hydrogen-bond donors (Lipinski definition) is 0. The molecule has 0 spiro atoms. The number of ether oxygens (including phenoxy) is 4. The van der Waals surface area contributed by atoms with Gasteiger partial charge in [0.1, 0.15) is 13.2 Å². The lowest BCUT2D eigenvalue weighted by molar-refractivity contribution is -0.870. The maximum Gasteiger partial charge on any atom is 0.306 e. The van der Waals surface area contributed by atoms with Crippen LogP contribution in [0.15, 0.2) is 12.2 Å². The molecule has 9 nitrogen and oxygen atoms in total. The summed E-state index contributed by atoms with van der Waals surface area (Å²) in [5.41, 5.74) is 0. The largest absolute Gasteiger partial charge is 0.545 e. The minimum absolute atomic E-state index is 0.149. The van der Waals surface area contributed by atoms with Crippen LogP contribution in [-0.4, -0.2) is 82.3 Å². The van der Waals surface area contributed by atoms with Gasteiger partial charge in [0.15, 0.2) is 12.4 Å². The number of unbranched alkanes of at least 4 members (excludes halogenated alkanes) is 33. The van der Waals surface area contributed by atoms with Crippen LogP contribution in [0, 0.1) is 0 Å². The Labute approximate surface area is 389 Å². The summed E-state index contributed by atoms with van der Waals surface area (Å²) in [7, 11) is 5.92. The van der Waals surface area contributed by atoms with Gasteiger partial charge in [0.25, 0.3) is 0 Å². The SMILES string of the molecule is CCCCCCC/C=C\CCCCCCCC(=O)OC(COC(=O)CCCCCCCCCCCCCCCCCCCCCCCCCC)COC(OCC[N+](C)(C)C)C(=O)[O-]. The van der Waals surface area contributed by atoms with Crippen LogP contribution in [0.4, 0.5) is 0 Å². The van der Waals surface area contributed by atoms with Crippen molar-refractivity contribution in [1.29, 1.82) is 0 Å². The molecular weight excluding hydrogens is 791 g/mol. The van der Waals surface area contributed by atoms with Gasteiger partial charge in [-0.05, 0) is 38.5 Å². The summed E-state index contributed by atoms with van der Waals surface area (Å²) < 4.78 is 22.6. The van der Waals surface area contributed by atoms with E-state index in [-0.39, 0.29) is 32.2 Å². The van der Waals surface area contributed by atoms with E-state index in [0.717, 1.165) is 51.4 Å². The topological polar surface area (TPSA) is 111 Å². The number of carbonyl (C=O) groups is 3. The molecule has 0 aromatic heterocycles. The molecule has 9 heteroatoms. The Morgan fingerprint density at radius 1 is 0.460 bits per heavy atom. The van der Waals surface area contributed by atoms with Gasteiger partial charge in [-0.1, -0.05) is 219 Å². The van der Waals surface area contributed by atoms with Gasteiger partial charge in [-0.15, -0.1) is 0 Å². The molecule has 0 saturated carbocycles.